The van der Waals surface area contributed by atoms with Gasteiger partial charge in [0.2, 0.25) is 0 Å². The first-order valence-electron chi connectivity index (χ1n) is 5.81. The molecule has 1 amide bonds. The molecule has 2 atom stereocenters. The molecule has 2 heterocycles. The topological polar surface area (TPSA) is 79.7 Å². The average molecular weight is 364 g/mol. The summed E-state index contributed by atoms with van der Waals surface area (Å²) in [7, 11) is 1.49. The molecule has 0 bridgehead atoms. The van der Waals surface area contributed by atoms with Crippen molar-refractivity contribution in [3.8, 4) is 0 Å². The second kappa shape index (κ2) is 6.07. The fourth-order valence-corrected chi connectivity index (χ4v) is 2.67. The molecule has 1 aliphatic heterocycles. The van der Waals surface area contributed by atoms with E-state index >= 15 is 0 Å². The fourth-order valence-electron chi connectivity index (χ4n) is 2.15. The molecule has 6 nitrogen and oxygen atoms in total. The van der Waals surface area contributed by atoms with Crippen molar-refractivity contribution in [2.75, 3.05) is 13.7 Å². The maximum atomic E-state index is 12.5. The number of aliphatic carboxylic acids is 1. The number of methoxy groups -OCH3 is 1. The van der Waals surface area contributed by atoms with Gasteiger partial charge in [-0.1, -0.05) is 11.6 Å². The van der Waals surface area contributed by atoms with Crippen molar-refractivity contribution in [2.45, 2.75) is 18.6 Å². The summed E-state index contributed by atoms with van der Waals surface area (Å²) in [5.41, 5.74) is 0.170. The number of carboxylic acid groups (broad SMARTS) is 1. The van der Waals surface area contributed by atoms with Crippen LogP contribution in [-0.4, -0.2) is 52.7 Å². The SMILES string of the molecule is COC1CC(C(=O)O)N(C(=O)c2cc(Br)cnc2Cl)C1. The van der Waals surface area contributed by atoms with Gasteiger partial charge >= 0.3 is 5.97 Å². The first kappa shape index (κ1) is 15.2. The van der Waals surface area contributed by atoms with Crippen LogP contribution in [0.4, 0.5) is 0 Å². The molecule has 2 rings (SSSR count). The van der Waals surface area contributed by atoms with Crippen LogP contribution in [0.3, 0.4) is 0 Å². The molecule has 0 aliphatic carbocycles. The second-order valence-electron chi connectivity index (χ2n) is 4.40. The fraction of sp³-hybridized carbons (Fsp3) is 0.417. The normalized spacial score (nSPS) is 22.1. The number of nitrogens with zero attached hydrogens (tertiary/aromatic N) is 2. The minimum absolute atomic E-state index is 0.0446. The van der Waals surface area contributed by atoms with E-state index in [1.807, 2.05) is 0 Å². The Labute approximate surface area is 128 Å². The van der Waals surface area contributed by atoms with Crippen molar-refractivity contribution in [1.29, 1.82) is 0 Å². The molecule has 0 spiro atoms. The van der Waals surface area contributed by atoms with Gasteiger partial charge in [0, 0.05) is 30.7 Å². The lowest BCUT2D eigenvalue weighted by Crippen LogP contribution is -2.40. The molecule has 1 saturated heterocycles. The van der Waals surface area contributed by atoms with E-state index < -0.39 is 17.9 Å². The zero-order valence-corrected chi connectivity index (χ0v) is 12.9. The number of hydrogen-bond donors (Lipinski definition) is 1. The lowest BCUT2D eigenvalue weighted by atomic mass is 10.2. The highest BCUT2D eigenvalue weighted by Crippen LogP contribution is 2.26. The largest absolute Gasteiger partial charge is 0.480 e. The van der Waals surface area contributed by atoms with E-state index in [0.717, 1.165) is 0 Å². The molecule has 0 radical (unpaired) electrons. The van der Waals surface area contributed by atoms with Crippen molar-refractivity contribution in [3.05, 3.63) is 27.5 Å². The Balaban J connectivity index is 2.31. The summed E-state index contributed by atoms with van der Waals surface area (Å²) < 4.78 is 5.74. The number of aromatic nitrogens is 1. The third-order valence-electron chi connectivity index (χ3n) is 3.18. The average Bonchev–Trinajstić information content (AvgIpc) is 2.85. The van der Waals surface area contributed by atoms with Gasteiger partial charge in [-0.15, -0.1) is 0 Å². The van der Waals surface area contributed by atoms with Crippen molar-refractivity contribution < 1.29 is 19.4 Å². The summed E-state index contributed by atoms with van der Waals surface area (Å²) in [4.78, 5) is 28.8. The number of ether oxygens (including phenoxy) is 1. The Bertz CT molecular complexity index is 554. The molecule has 0 aromatic carbocycles. The first-order chi connectivity index (χ1) is 9.43. The lowest BCUT2D eigenvalue weighted by molar-refractivity contribution is -0.141. The van der Waals surface area contributed by atoms with E-state index in [4.69, 9.17) is 16.3 Å². The molecule has 1 aliphatic rings. The Morgan fingerprint density at radius 2 is 2.30 bits per heavy atom. The number of likely N-dealkylation sites (tertiary alicyclic amines) is 1. The van der Waals surface area contributed by atoms with Crippen LogP contribution in [0.15, 0.2) is 16.7 Å². The van der Waals surface area contributed by atoms with Crippen molar-refractivity contribution in [1.82, 2.24) is 9.88 Å². The summed E-state index contributed by atoms with van der Waals surface area (Å²) in [6, 6.07) is 0.610. The van der Waals surface area contributed by atoms with E-state index in [1.165, 1.54) is 24.3 Å². The molecule has 108 valence electrons. The molecule has 1 fully saturated rings. The molecule has 8 heteroatoms. The predicted octanol–water partition coefficient (Wildman–Crippen LogP) is 1.81. The molecule has 1 aromatic rings. The van der Waals surface area contributed by atoms with E-state index in [1.54, 1.807) is 0 Å². The van der Waals surface area contributed by atoms with Crippen molar-refractivity contribution in [3.63, 3.8) is 0 Å². The minimum atomic E-state index is -1.06. The van der Waals surface area contributed by atoms with Crippen LogP contribution >= 0.6 is 27.5 Å². The highest BCUT2D eigenvalue weighted by atomic mass is 79.9. The highest BCUT2D eigenvalue weighted by molar-refractivity contribution is 9.10. The monoisotopic (exact) mass is 362 g/mol. The van der Waals surface area contributed by atoms with Gasteiger partial charge in [0.05, 0.1) is 11.7 Å². The van der Waals surface area contributed by atoms with Crippen LogP contribution < -0.4 is 0 Å². The number of carbonyl (C=O) groups is 2. The molecule has 20 heavy (non-hydrogen) atoms. The summed E-state index contributed by atoms with van der Waals surface area (Å²) >= 11 is 9.12. The Morgan fingerprint density at radius 1 is 1.60 bits per heavy atom. The number of halogens is 2. The minimum Gasteiger partial charge on any atom is -0.480 e. The third-order valence-corrected chi connectivity index (χ3v) is 3.91. The van der Waals surface area contributed by atoms with Gasteiger partial charge in [-0.05, 0) is 22.0 Å². The number of carbonyl (C=O) groups excluding carboxylic acids is 1. The van der Waals surface area contributed by atoms with Gasteiger partial charge in [0.1, 0.15) is 11.2 Å². The van der Waals surface area contributed by atoms with Crippen molar-refractivity contribution in [2.24, 2.45) is 0 Å². The molecule has 2 unspecified atom stereocenters. The zero-order valence-electron chi connectivity index (χ0n) is 10.5. The summed E-state index contributed by atoms with van der Waals surface area (Å²) in [6.07, 6.45) is 1.44. The van der Waals surface area contributed by atoms with Gasteiger partial charge in [0.25, 0.3) is 5.91 Å². The summed E-state index contributed by atoms with van der Waals surface area (Å²) in [5, 5.41) is 9.25. The van der Waals surface area contributed by atoms with Gasteiger partial charge < -0.3 is 14.7 Å². The van der Waals surface area contributed by atoms with E-state index in [-0.39, 0.29) is 29.8 Å². The predicted molar refractivity (Wildman–Crippen MR) is 74.8 cm³/mol. The van der Waals surface area contributed by atoms with Gasteiger partial charge in [-0.25, -0.2) is 9.78 Å². The third kappa shape index (κ3) is 2.94. The number of carboxylic acids is 1. The number of pyridine rings is 1. The van der Waals surface area contributed by atoms with E-state index in [0.29, 0.717) is 4.47 Å². The molecule has 1 aromatic heterocycles. The smallest absolute Gasteiger partial charge is 0.326 e. The molecule has 1 N–H and O–H groups in total. The number of rotatable bonds is 3. The van der Waals surface area contributed by atoms with Crippen LogP contribution in [0, 0.1) is 0 Å². The van der Waals surface area contributed by atoms with Crippen LogP contribution in [0.1, 0.15) is 16.8 Å². The Hall–Kier alpha value is -1.18. The highest BCUT2D eigenvalue weighted by Gasteiger charge is 2.40. The van der Waals surface area contributed by atoms with Crippen LogP contribution in [0.2, 0.25) is 5.15 Å². The maximum Gasteiger partial charge on any atom is 0.326 e. The standard InChI is InChI=1S/C12H12BrClN2O4/c1-20-7-3-9(12(18)19)16(5-7)11(17)8-2-6(13)4-15-10(8)14/h2,4,7,9H,3,5H2,1H3,(H,18,19). The van der Waals surface area contributed by atoms with Crippen LogP contribution in [0.25, 0.3) is 0 Å². The molecular weight excluding hydrogens is 351 g/mol. The lowest BCUT2D eigenvalue weighted by Gasteiger charge is -2.21. The zero-order chi connectivity index (χ0) is 14.9. The van der Waals surface area contributed by atoms with Crippen molar-refractivity contribution >= 4 is 39.4 Å². The van der Waals surface area contributed by atoms with E-state index in [2.05, 4.69) is 20.9 Å². The second-order valence-corrected chi connectivity index (χ2v) is 5.67. The van der Waals surface area contributed by atoms with Crippen LogP contribution in [0.5, 0.6) is 0 Å². The number of hydrogen-bond acceptors (Lipinski definition) is 4. The Morgan fingerprint density at radius 3 is 2.90 bits per heavy atom. The van der Waals surface area contributed by atoms with Gasteiger partial charge in [0.15, 0.2) is 0 Å². The van der Waals surface area contributed by atoms with Gasteiger partial charge in [-0.2, -0.15) is 0 Å². The first-order valence-corrected chi connectivity index (χ1v) is 6.98. The number of amides is 1. The quantitative estimate of drug-likeness (QED) is 0.829. The Kier molecular flexibility index (Phi) is 4.62. The van der Waals surface area contributed by atoms with E-state index in [9.17, 15) is 14.7 Å². The van der Waals surface area contributed by atoms with Crippen LogP contribution in [-0.2, 0) is 9.53 Å². The summed E-state index contributed by atoms with van der Waals surface area (Å²) in [6.45, 7) is 0.217. The maximum absolute atomic E-state index is 12.5. The molecule has 0 saturated carbocycles. The summed E-state index contributed by atoms with van der Waals surface area (Å²) in [5.74, 6) is -1.52. The molecular formula is C12H12BrClN2O4. The van der Waals surface area contributed by atoms with Gasteiger partial charge in [-0.3, -0.25) is 4.79 Å².